The average molecular weight is 582 g/mol. The van der Waals surface area contributed by atoms with Gasteiger partial charge in [0.25, 0.3) is 5.91 Å². The average Bonchev–Trinajstić information content (AvgIpc) is 3.58. The third kappa shape index (κ3) is 7.92. The Morgan fingerprint density at radius 1 is 0.814 bits per heavy atom. The molecule has 3 atom stereocenters. The molecule has 4 rings (SSSR count). The van der Waals surface area contributed by atoms with E-state index in [1.807, 2.05) is 80.3 Å². The van der Waals surface area contributed by atoms with E-state index in [0.29, 0.717) is 30.7 Å². The number of carbonyl (C=O) groups is 3. The molecule has 1 fully saturated rings. The fourth-order valence-corrected chi connectivity index (χ4v) is 5.70. The minimum absolute atomic E-state index is 0.0476. The Morgan fingerprint density at radius 2 is 1.44 bits per heavy atom. The van der Waals surface area contributed by atoms with Crippen molar-refractivity contribution >= 4 is 17.7 Å². The van der Waals surface area contributed by atoms with Crippen LogP contribution in [0.5, 0.6) is 0 Å². The zero-order valence-corrected chi connectivity index (χ0v) is 26.4. The molecule has 0 saturated carbocycles. The minimum atomic E-state index is -0.707. The molecule has 1 heterocycles. The van der Waals surface area contributed by atoms with Crippen LogP contribution in [-0.2, 0) is 9.59 Å². The van der Waals surface area contributed by atoms with Gasteiger partial charge in [0.1, 0.15) is 6.04 Å². The van der Waals surface area contributed by atoms with E-state index in [2.05, 4.69) is 48.7 Å². The normalized spacial score (nSPS) is 15.9. The van der Waals surface area contributed by atoms with E-state index in [9.17, 15) is 14.4 Å². The molecule has 43 heavy (non-hydrogen) atoms. The van der Waals surface area contributed by atoms with Gasteiger partial charge < -0.3 is 15.5 Å². The first-order chi connectivity index (χ1) is 20.6. The van der Waals surface area contributed by atoms with Crippen LogP contribution in [0, 0.1) is 5.41 Å². The highest BCUT2D eigenvalue weighted by molar-refractivity contribution is 6.01. The summed E-state index contributed by atoms with van der Waals surface area (Å²) in [6, 6.07) is 24.7. The van der Waals surface area contributed by atoms with Crippen LogP contribution in [0.4, 0.5) is 0 Å². The third-order valence-corrected chi connectivity index (χ3v) is 8.97. The lowest BCUT2D eigenvalue weighted by molar-refractivity contribution is -0.139. The van der Waals surface area contributed by atoms with Gasteiger partial charge >= 0.3 is 0 Å². The fourth-order valence-electron chi connectivity index (χ4n) is 5.70. The number of carbonyl (C=O) groups excluding carboxylic acids is 3. The molecule has 0 radical (unpaired) electrons. The maximum absolute atomic E-state index is 13.8. The molecule has 3 aromatic carbocycles. The molecule has 228 valence electrons. The molecule has 3 amide bonds. The number of nitrogens with zero attached hydrogens (tertiary/aromatic N) is 1. The highest BCUT2D eigenvalue weighted by Gasteiger charge is 2.36. The van der Waals surface area contributed by atoms with Crippen LogP contribution in [0.1, 0.15) is 100 Å². The van der Waals surface area contributed by atoms with Gasteiger partial charge in [0.2, 0.25) is 11.8 Å². The first-order valence-corrected chi connectivity index (χ1v) is 15.8. The minimum Gasteiger partial charge on any atom is -0.350 e. The number of rotatable bonds is 12. The van der Waals surface area contributed by atoms with Crippen molar-refractivity contribution in [2.45, 2.75) is 84.7 Å². The lowest BCUT2D eigenvalue weighted by atomic mass is 9.80. The summed E-state index contributed by atoms with van der Waals surface area (Å²) in [6.45, 7) is 11.7. The predicted octanol–water partition coefficient (Wildman–Crippen LogP) is 7.27. The molecule has 0 spiro atoms. The van der Waals surface area contributed by atoms with Gasteiger partial charge in [0.05, 0.1) is 0 Å². The van der Waals surface area contributed by atoms with Crippen molar-refractivity contribution in [2.75, 3.05) is 13.1 Å². The quantitative estimate of drug-likeness (QED) is 0.236. The highest BCUT2D eigenvalue weighted by Crippen LogP contribution is 2.31. The molecular weight excluding hydrogens is 534 g/mol. The number of benzene rings is 3. The molecule has 1 aliphatic rings. The van der Waals surface area contributed by atoms with Gasteiger partial charge in [0, 0.05) is 30.1 Å². The summed E-state index contributed by atoms with van der Waals surface area (Å²) in [6.07, 6.45) is 3.81. The predicted molar refractivity (Wildman–Crippen MR) is 174 cm³/mol. The zero-order chi connectivity index (χ0) is 31.0. The Hall–Kier alpha value is -3.93. The van der Waals surface area contributed by atoms with Gasteiger partial charge in [-0.25, -0.2) is 0 Å². The maximum atomic E-state index is 13.8. The SMILES string of the molecule is CCC(C)(CCC(C)NC(=O)c1ccccc1-c1ccc(C(C)C)cc1)C(=O)N[C@H](C(=O)N1CCCC1)c1ccccc1. The number of amides is 3. The maximum Gasteiger partial charge on any atom is 0.252 e. The number of nitrogens with one attached hydrogen (secondary N) is 2. The molecule has 2 N–H and O–H groups in total. The van der Waals surface area contributed by atoms with Crippen molar-refractivity contribution in [3.63, 3.8) is 0 Å². The molecule has 2 unspecified atom stereocenters. The molecule has 0 bridgehead atoms. The molecule has 0 aromatic heterocycles. The fraction of sp³-hybridized carbons (Fsp3) is 0.432. The van der Waals surface area contributed by atoms with E-state index in [-0.39, 0.29) is 23.8 Å². The van der Waals surface area contributed by atoms with Crippen molar-refractivity contribution in [2.24, 2.45) is 5.41 Å². The number of hydrogen-bond acceptors (Lipinski definition) is 3. The Balaban J connectivity index is 1.41. The Morgan fingerprint density at radius 3 is 2.07 bits per heavy atom. The lowest BCUT2D eigenvalue weighted by Gasteiger charge is -2.32. The zero-order valence-electron chi connectivity index (χ0n) is 26.4. The first kappa shape index (κ1) is 32.0. The van der Waals surface area contributed by atoms with Gasteiger partial charge in [-0.2, -0.15) is 0 Å². The standard InChI is InChI=1S/C37H47N3O3/c1-6-37(5,36(43)39-33(30-14-8-7-9-15-30)35(42)40-24-12-13-25-40)23-22-27(4)38-34(41)32-17-11-10-16-31(32)29-20-18-28(19-21-29)26(2)3/h7-11,14-21,26-27,33H,6,12-13,22-25H2,1-5H3,(H,38,41)(H,39,43)/t27?,33-,37?/m0/s1. The molecule has 1 aliphatic heterocycles. The van der Waals surface area contributed by atoms with E-state index in [4.69, 9.17) is 0 Å². The Kier molecular flexibility index (Phi) is 10.8. The van der Waals surface area contributed by atoms with E-state index >= 15 is 0 Å². The van der Waals surface area contributed by atoms with Crippen molar-refractivity contribution in [3.8, 4) is 11.1 Å². The highest BCUT2D eigenvalue weighted by atomic mass is 16.2. The molecule has 6 heteroatoms. The topological polar surface area (TPSA) is 78.5 Å². The summed E-state index contributed by atoms with van der Waals surface area (Å²) in [5.41, 5.74) is 3.91. The summed E-state index contributed by atoms with van der Waals surface area (Å²) in [5, 5.41) is 6.27. The summed E-state index contributed by atoms with van der Waals surface area (Å²) in [7, 11) is 0. The van der Waals surface area contributed by atoms with Crippen LogP contribution in [0.3, 0.4) is 0 Å². The van der Waals surface area contributed by atoms with Crippen LogP contribution < -0.4 is 10.6 Å². The van der Waals surface area contributed by atoms with Crippen LogP contribution in [-0.4, -0.2) is 41.8 Å². The van der Waals surface area contributed by atoms with Crippen LogP contribution >= 0.6 is 0 Å². The van der Waals surface area contributed by atoms with Gasteiger partial charge in [-0.05, 0) is 73.3 Å². The van der Waals surface area contributed by atoms with Crippen molar-refractivity contribution in [1.82, 2.24) is 15.5 Å². The van der Waals surface area contributed by atoms with Crippen LogP contribution in [0.25, 0.3) is 11.1 Å². The summed E-state index contributed by atoms with van der Waals surface area (Å²) in [5.74, 6) is 0.136. The van der Waals surface area contributed by atoms with Gasteiger partial charge in [-0.15, -0.1) is 0 Å². The van der Waals surface area contributed by atoms with Gasteiger partial charge in [-0.3, -0.25) is 14.4 Å². The summed E-state index contributed by atoms with van der Waals surface area (Å²) < 4.78 is 0. The van der Waals surface area contributed by atoms with Crippen LogP contribution in [0.15, 0.2) is 78.9 Å². The molecular formula is C37H47N3O3. The monoisotopic (exact) mass is 581 g/mol. The van der Waals surface area contributed by atoms with Crippen molar-refractivity contribution < 1.29 is 14.4 Å². The Bertz CT molecular complexity index is 1380. The van der Waals surface area contributed by atoms with Crippen molar-refractivity contribution in [3.05, 3.63) is 95.6 Å². The van der Waals surface area contributed by atoms with E-state index in [1.54, 1.807) is 0 Å². The van der Waals surface area contributed by atoms with Gasteiger partial charge in [0.15, 0.2) is 0 Å². The number of hydrogen-bond donors (Lipinski definition) is 2. The Labute approximate surface area is 257 Å². The van der Waals surface area contributed by atoms with Crippen molar-refractivity contribution in [1.29, 1.82) is 0 Å². The van der Waals surface area contributed by atoms with Gasteiger partial charge in [-0.1, -0.05) is 100 Å². The molecule has 6 nitrogen and oxygen atoms in total. The van der Waals surface area contributed by atoms with Crippen LogP contribution in [0.2, 0.25) is 0 Å². The lowest BCUT2D eigenvalue weighted by Crippen LogP contribution is -2.47. The molecule has 1 saturated heterocycles. The second-order valence-corrected chi connectivity index (χ2v) is 12.5. The summed E-state index contributed by atoms with van der Waals surface area (Å²) >= 11 is 0. The first-order valence-electron chi connectivity index (χ1n) is 15.8. The van der Waals surface area contributed by atoms with E-state index in [0.717, 1.165) is 42.6 Å². The van der Waals surface area contributed by atoms with E-state index in [1.165, 1.54) is 5.56 Å². The number of likely N-dealkylation sites (tertiary alicyclic amines) is 1. The largest absolute Gasteiger partial charge is 0.350 e. The summed E-state index contributed by atoms with van der Waals surface area (Å²) in [4.78, 5) is 42.5. The van der Waals surface area contributed by atoms with E-state index < -0.39 is 11.5 Å². The third-order valence-electron chi connectivity index (χ3n) is 8.97. The molecule has 0 aliphatic carbocycles. The smallest absolute Gasteiger partial charge is 0.252 e. The molecule has 3 aromatic rings. The second-order valence-electron chi connectivity index (χ2n) is 12.5. The second kappa shape index (κ2) is 14.5.